The first kappa shape index (κ1) is 13.8. The third-order valence-electron chi connectivity index (χ3n) is 2.25. The number of nitrogens with zero attached hydrogens (tertiary/aromatic N) is 2. The van der Waals surface area contributed by atoms with Crippen LogP contribution in [-0.4, -0.2) is 40.8 Å². The molecule has 0 atom stereocenters. The van der Waals surface area contributed by atoms with Gasteiger partial charge in [-0.05, 0) is 26.8 Å². The fourth-order valence-electron chi connectivity index (χ4n) is 1.34. The molecule has 84 valence electrons. The maximum absolute atomic E-state index is 11.2. The Hall–Kier alpha value is -0.220. The number of amides is 1. The molecule has 4 heteroatoms. The summed E-state index contributed by atoms with van der Waals surface area (Å²) in [6.07, 6.45) is 0.974. The van der Waals surface area contributed by atoms with Crippen LogP contribution < -0.4 is 0 Å². The smallest absolute Gasteiger partial charge is 0.279 e. The first-order chi connectivity index (χ1) is 6.52. The Bertz CT molecular complexity index is 174. The molecule has 0 aromatic heterocycles. The Morgan fingerprint density at radius 1 is 1.36 bits per heavy atom. The zero-order valence-electron chi connectivity index (χ0n) is 9.66. The molecular weight excluding hydrogens is 196 g/mol. The van der Waals surface area contributed by atoms with E-state index in [1.807, 2.05) is 0 Å². The predicted octanol–water partition coefficient (Wildman–Crippen LogP) is 2.44. The van der Waals surface area contributed by atoms with Crippen molar-refractivity contribution in [2.75, 3.05) is 19.8 Å². The average molecular weight is 218 g/mol. The molecule has 0 radical (unpaired) electrons. The summed E-state index contributed by atoms with van der Waals surface area (Å²) < 4.78 is 0. The summed E-state index contributed by atoms with van der Waals surface area (Å²) in [6.45, 7) is 10.9. The van der Waals surface area contributed by atoms with Gasteiger partial charge < -0.3 is 4.90 Å². The van der Waals surface area contributed by atoms with Crippen LogP contribution in [-0.2, 0) is 0 Å². The van der Waals surface area contributed by atoms with Gasteiger partial charge in [-0.25, -0.2) is 0 Å². The van der Waals surface area contributed by atoms with Gasteiger partial charge in [-0.15, -0.1) is 0 Å². The second kappa shape index (κ2) is 7.12. The van der Waals surface area contributed by atoms with Crippen LogP contribution in [0.5, 0.6) is 0 Å². The molecule has 14 heavy (non-hydrogen) atoms. The van der Waals surface area contributed by atoms with Crippen molar-refractivity contribution in [3.63, 3.8) is 0 Å². The van der Waals surface area contributed by atoms with Gasteiger partial charge in [0.2, 0.25) is 0 Å². The molecule has 0 aliphatic heterocycles. The summed E-state index contributed by atoms with van der Waals surface area (Å²) in [6, 6.07) is 0.465. The number of carbonyl (C=O) groups is 1. The molecule has 0 saturated heterocycles. The van der Waals surface area contributed by atoms with E-state index in [4.69, 9.17) is 0 Å². The standard InChI is InChI=1S/C10H22N2OS/c1-5-7-12(10(13)14)8-11(6-2)9(3)4/h9H,5-8H2,1-4H3,(H,13,14). The number of thiol groups is 1. The zero-order chi connectivity index (χ0) is 11.1. The largest absolute Gasteiger partial charge is 0.321 e. The minimum atomic E-state index is -0.133. The Balaban J connectivity index is 4.18. The van der Waals surface area contributed by atoms with E-state index in [9.17, 15) is 4.79 Å². The monoisotopic (exact) mass is 218 g/mol. The minimum absolute atomic E-state index is 0.133. The van der Waals surface area contributed by atoms with E-state index in [2.05, 4.69) is 45.2 Å². The van der Waals surface area contributed by atoms with Crippen LogP contribution in [0.2, 0.25) is 0 Å². The highest BCUT2D eigenvalue weighted by molar-refractivity contribution is 7.96. The summed E-state index contributed by atoms with van der Waals surface area (Å²) in [4.78, 5) is 15.2. The lowest BCUT2D eigenvalue weighted by molar-refractivity contribution is 0.135. The minimum Gasteiger partial charge on any atom is -0.321 e. The third-order valence-corrected chi connectivity index (χ3v) is 2.54. The molecule has 1 amide bonds. The van der Waals surface area contributed by atoms with E-state index in [1.165, 1.54) is 0 Å². The van der Waals surface area contributed by atoms with Gasteiger partial charge in [-0.3, -0.25) is 9.69 Å². The van der Waals surface area contributed by atoms with E-state index in [-0.39, 0.29) is 5.24 Å². The topological polar surface area (TPSA) is 23.6 Å². The lowest BCUT2D eigenvalue weighted by atomic mass is 10.3. The van der Waals surface area contributed by atoms with Crippen molar-refractivity contribution >= 4 is 17.9 Å². The molecule has 0 aliphatic rings. The van der Waals surface area contributed by atoms with E-state index in [1.54, 1.807) is 4.90 Å². The van der Waals surface area contributed by atoms with Gasteiger partial charge in [0, 0.05) is 12.6 Å². The molecule has 0 saturated carbocycles. The molecule has 0 spiro atoms. The fourth-order valence-corrected chi connectivity index (χ4v) is 1.51. The average Bonchev–Trinajstić information content (AvgIpc) is 2.11. The number of hydrogen-bond acceptors (Lipinski definition) is 2. The first-order valence-corrected chi connectivity index (χ1v) is 5.69. The molecule has 0 fully saturated rings. The van der Waals surface area contributed by atoms with Gasteiger partial charge in [-0.1, -0.05) is 26.5 Å². The fraction of sp³-hybridized carbons (Fsp3) is 0.900. The van der Waals surface area contributed by atoms with E-state index in [0.29, 0.717) is 12.7 Å². The van der Waals surface area contributed by atoms with Crippen LogP contribution in [0.25, 0.3) is 0 Å². The molecule has 0 aromatic carbocycles. The highest BCUT2D eigenvalue weighted by Gasteiger charge is 2.14. The molecular formula is C10H22N2OS. The van der Waals surface area contributed by atoms with Crippen molar-refractivity contribution < 1.29 is 4.79 Å². The molecule has 0 aliphatic carbocycles. The summed E-state index contributed by atoms with van der Waals surface area (Å²) in [5.41, 5.74) is 0. The second-order valence-electron chi connectivity index (χ2n) is 3.69. The van der Waals surface area contributed by atoms with Crippen LogP contribution in [0, 0.1) is 0 Å². The van der Waals surface area contributed by atoms with Crippen molar-refractivity contribution in [2.24, 2.45) is 0 Å². The first-order valence-electron chi connectivity index (χ1n) is 5.24. The van der Waals surface area contributed by atoms with Gasteiger partial charge in [0.05, 0.1) is 6.67 Å². The molecule has 0 unspecified atom stereocenters. The molecule has 0 N–H and O–H groups in total. The Morgan fingerprint density at radius 2 is 1.93 bits per heavy atom. The maximum Gasteiger partial charge on any atom is 0.279 e. The number of rotatable bonds is 6. The third kappa shape index (κ3) is 4.86. The van der Waals surface area contributed by atoms with Gasteiger partial charge in [0.15, 0.2) is 0 Å². The Morgan fingerprint density at radius 3 is 2.21 bits per heavy atom. The lowest BCUT2D eigenvalue weighted by Gasteiger charge is -2.31. The van der Waals surface area contributed by atoms with E-state index < -0.39 is 0 Å². The molecule has 0 bridgehead atoms. The summed E-state index contributed by atoms with van der Waals surface area (Å²) in [5, 5.41) is -0.133. The van der Waals surface area contributed by atoms with Gasteiger partial charge in [0.25, 0.3) is 5.24 Å². The summed E-state index contributed by atoms with van der Waals surface area (Å²) >= 11 is 3.87. The van der Waals surface area contributed by atoms with Gasteiger partial charge >= 0.3 is 0 Å². The van der Waals surface area contributed by atoms with Crippen molar-refractivity contribution in [3.8, 4) is 0 Å². The quantitative estimate of drug-likeness (QED) is 0.547. The van der Waals surface area contributed by atoms with Gasteiger partial charge in [-0.2, -0.15) is 0 Å². The van der Waals surface area contributed by atoms with E-state index in [0.717, 1.165) is 19.5 Å². The molecule has 0 aromatic rings. The van der Waals surface area contributed by atoms with E-state index >= 15 is 0 Å². The normalized spacial score (nSPS) is 11.1. The second-order valence-corrected chi connectivity index (χ2v) is 4.07. The number of hydrogen-bond donors (Lipinski definition) is 1. The highest BCUT2D eigenvalue weighted by Crippen LogP contribution is 2.04. The highest BCUT2D eigenvalue weighted by atomic mass is 32.1. The van der Waals surface area contributed by atoms with Crippen LogP contribution in [0.3, 0.4) is 0 Å². The van der Waals surface area contributed by atoms with Crippen LogP contribution in [0.15, 0.2) is 0 Å². The summed E-state index contributed by atoms with van der Waals surface area (Å²) in [7, 11) is 0. The van der Waals surface area contributed by atoms with Crippen molar-refractivity contribution in [3.05, 3.63) is 0 Å². The zero-order valence-corrected chi connectivity index (χ0v) is 10.6. The lowest BCUT2D eigenvalue weighted by Crippen LogP contribution is -2.42. The van der Waals surface area contributed by atoms with Gasteiger partial charge in [0.1, 0.15) is 0 Å². The maximum atomic E-state index is 11.2. The SMILES string of the molecule is CCCN(CN(CC)C(C)C)C(=O)S. The number of carbonyl (C=O) groups excluding carboxylic acids is 1. The van der Waals surface area contributed by atoms with Crippen LogP contribution in [0.4, 0.5) is 4.79 Å². The molecule has 3 nitrogen and oxygen atoms in total. The van der Waals surface area contributed by atoms with Crippen LogP contribution in [0.1, 0.15) is 34.1 Å². The van der Waals surface area contributed by atoms with Crippen molar-refractivity contribution in [1.29, 1.82) is 0 Å². The predicted molar refractivity (Wildman–Crippen MR) is 63.8 cm³/mol. The summed E-state index contributed by atoms with van der Waals surface area (Å²) in [5.74, 6) is 0. The Labute approximate surface area is 92.9 Å². The molecule has 0 rings (SSSR count). The van der Waals surface area contributed by atoms with Crippen molar-refractivity contribution in [2.45, 2.75) is 40.2 Å². The molecule has 0 heterocycles. The Kier molecular flexibility index (Phi) is 7.01. The van der Waals surface area contributed by atoms with Crippen LogP contribution >= 0.6 is 12.6 Å². The van der Waals surface area contributed by atoms with Crippen molar-refractivity contribution in [1.82, 2.24) is 9.80 Å².